The Kier molecular flexibility index (Phi) is 3.92. The molecule has 106 valence electrons. The lowest BCUT2D eigenvalue weighted by molar-refractivity contribution is 0.198. The molecule has 5 heteroatoms. The summed E-state index contributed by atoms with van der Waals surface area (Å²) in [5, 5.41) is 2.85. The van der Waals surface area contributed by atoms with E-state index in [1.807, 2.05) is 4.90 Å². The van der Waals surface area contributed by atoms with Gasteiger partial charge in [0.2, 0.25) is 5.95 Å². The van der Waals surface area contributed by atoms with Gasteiger partial charge in [-0.1, -0.05) is 20.8 Å². The number of rotatable bonds is 2. The van der Waals surface area contributed by atoms with Crippen molar-refractivity contribution in [3.05, 3.63) is 12.0 Å². The average molecular weight is 266 g/mol. The summed E-state index contributed by atoms with van der Waals surface area (Å²) in [5.41, 5.74) is 0.326. The van der Waals surface area contributed by atoms with Crippen LogP contribution in [0.4, 0.5) is 16.2 Å². The molecule has 0 atom stereocenters. The second-order valence-corrected chi connectivity index (χ2v) is 6.24. The third-order valence-electron chi connectivity index (χ3n) is 3.97. The van der Waals surface area contributed by atoms with E-state index in [4.69, 9.17) is 0 Å². The monoisotopic (exact) mass is 266 g/mol. The zero-order valence-corrected chi connectivity index (χ0v) is 12.2. The van der Waals surface area contributed by atoms with Crippen LogP contribution in [0, 0.1) is 17.2 Å². The molecular formula is C14H23FN4. The molecule has 1 saturated heterocycles. The third kappa shape index (κ3) is 3.14. The Morgan fingerprint density at radius 1 is 1.32 bits per heavy atom. The third-order valence-corrected chi connectivity index (χ3v) is 3.97. The molecule has 0 radical (unpaired) electrons. The highest BCUT2D eigenvalue weighted by molar-refractivity contribution is 5.44. The molecule has 1 aromatic heterocycles. The van der Waals surface area contributed by atoms with Gasteiger partial charge in [-0.15, -0.1) is 0 Å². The van der Waals surface area contributed by atoms with Crippen molar-refractivity contribution in [2.24, 2.45) is 11.3 Å². The van der Waals surface area contributed by atoms with Gasteiger partial charge in [-0.2, -0.15) is 4.98 Å². The first-order valence-corrected chi connectivity index (χ1v) is 6.87. The maximum atomic E-state index is 13.8. The highest BCUT2D eigenvalue weighted by atomic mass is 19.1. The van der Waals surface area contributed by atoms with Gasteiger partial charge in [0, 0.05) is 20.1 Å². The van der Waals surface area contributed by atoms with Gasteiger partial charge in [0.05, 0.1) is 6.20 Å². The molecule has 2 heterocycles. The van der Waals surface area contributed by atoms with Crippen molar-refractivity contribution in [2.45, 2.75) is 33.6 Å². The topological polar surface area (TPSA) is 41.1 Å². The smallest absolute Gasteiger partial charge is 0.224 e. The zero-order valence-electron chi connectivity index (χ0n) is 12.2. The lowest BCUT2D eigenvalue weighted by Crippen LogP contribution is -2.39. The van der Waals surface area contributed by atoms with Crippen molar-refractivity contribution in [1.82, 2.24) is 9.97 Å². The van der Waals surface area contributed by atoms with Gasteiger partial charge in [0.1, 0.15) is 0 Å². The minimum absolute atomic E-state index is 0.326. The predicted molar refractivity (Wildman–Crippen MR) is 75.9 cm³/mol. The molecule has 0 saturated carbocycles. The second-order valence-electron chi connectivity index (χ2n) is 6.24. The van der Waals surface area contributed by atoms with Crippen LogP contribution in [0.5, 0.6) is 0 Å². The maximum Gasteiger partial charge on any atom is 0.224 e. The normalized spacial score (nSPS) is 17.6. The number of anilines is 2. The van der Waals surface area contributed by atoms with Crippen LogP contribution in [0.15, 0.2) is 6.20 Å². The lowest BCUT2D eigenvalue weighted by Gasteiger charge is -2.39. The Labute approximate surface area is 114 Å². The van der Waals surface area contributed by atoms with Gasteiger partial charge in [-0.25, -0.2) is 9.37 Å². The summed E-state index contributed by atoms with van der Waals surface area (Å²) in [6.45, 7) is 8.55. The number of nitrogens with zero attached hydrogens (tertiary/aromatic N) is 3. The van der Waals surface area contributed by atoms with Crippen molar-refractivity contribution >= 4 is 11.8 Å². The fourth-order valence-corrected chi connectivity index (χ4v) is 2.66. The van der Waals surface area contributed by atoms with Crippen molar-refractivity contribution in [1.29, 1.82) is 0 Å². The van der Waals surface area contributed by atoms with Gasteiger partial charge < -0.3 is 10.2 Å². The molecule has 4 nitrogen and oxygen atoms in total. The van der Waals surface area contributed by atoms with Crippen LogP contribution >= 0.6 is 0 Å². The summed E-state index contributed by atoms with van der Waals surface area (Å²) in [7, 11) is 1.74. The molecule has 0 amide bonds. The van der Waals surface area contributed by atoms with Gasteiger partial charge >= 0.3 is 0 Å². The zero-order chi connectivity index (χ0) is 14.0. The molecule has 2 rings (SSSR count). The van der Waals surface area contributed by atoms with E-state index in [1.165, 1.54) is 6.20 Å². The SMILES string of the molecule is CNc1ncc(F)c(N2CCC(C(C)(C)C)CC2)n1. The molecule has 0 spiro atoms. The molecule has 0 bridgehead atoms. The van der Waals surface area contributed by atoms with Gasteiger partial charge in [-0.3, -0.25) is 0 Å². The summed E-state index contributed by atoms with van der Waals surface area (Å²) in [6, 6.07) is 0. The van der Waals surface area contributed by atoms with Crippen molar-refractivity contribution in [3.63, 3.8) is 0 Å². The summed E-state index contributed by atoms with van der Waals surface area (Å²) < 4.78 is 13.8. The van der Waals surface area contributed by atoms with E-state index < -0.39 is 0 Å². The Morgan fingerprint density at radius 3 is 2.47 bits per heavy atom. The number of piperidine rings is 1. The molecule has 0 unspecified atom stereocenters. The van der Waals surface area contributed by atoms with E-state index in [9.17, 15) is 4.39 Å². The molecule has 19 heavy (non-hydrogen) atoms. The number of hydrogen-bond acceptors (Lipinski definition) is 4. The van der Waals surface area contributed by atoms with E-state index in [-0.39, 0.29) is 5.82 Å². The highest BCUT2D eigenvalue weighted by Crippen LogP contribution is 2.35. The first kappa shape index (κ1) is 14.0. The van der Waals surface area contributed by atoms with E-state index >= 15 is 0 Å². The molecule has 0 aliphatic carbocycles. The van der Waals surface area contributed by atoms with Crippen LogP contribution in [-0.4, -0.2) is 30.1 Å². The minimum Gasteiger partial charge on any atom is -0.357 e. The molecule has 1 fully saturated rings. The Bertz CT molecular complexity index is 434. The quantitative estimate of drug-likeness (QED) is 0.893. The number of nitrogens with one attached hydrogen (secondary N) is 1. The number of halogens is 1. The summed E-state index contributed by atoms with van der Waals surface area (Å²) in [4.78, 5) is 10.1. The molecule has 1 aliphatic rings. The van der Waals surface area contributed by atoms with E-state index in [0.29, 0.717) is 23.1 Å². The standard InChI is InChI=1S/C14H23FN4/c1-14(2,3)10-5-7-19(8-6-10)12-11(15)9-17-13(16-4)18-12/h9-10H,5-8H2,1-4H3,(H,16,17,18). The Hall–Kier alpha value is -1.39. The second kappa shape index (κ2) is 5.31. The summed E-state index contributed by atoms with van der Waals surface area (Å²) in [6.07, 6.45) is 3.41. The lowest BCUT2D eigenvalue weighted by atomic mass is 9.75. The Balaban J connectivity index is 2.09. The van der Waals surface area contributed by atoms with E-state index in [2.05, 4.69) is 36.1 Å². The number of aromatic nitrogens is 2. The largest absolute Gasteiger partial charge is 0.357 e. The van der Waals surface area contributed by atoms with Gasteiger partial charge in [0.15, 0.2) is 11.6 Å². The maximum absolute atomic E-state index is 13.8. The average Bonchev–Trinajstić information content (AvgIpc) is 2.38. The molecule has 1 N–H and O–H groups in total. The number of hydrogen-bond donors (Lipinski definition) is 1. The summed E-state index contributed by atoms with van der Waals surface area (Å²) >= 11 is 0. The molecular weight excluding hydrogens is 243 g/mol. The fraction of sp³-hybridized carbons (Fsp3) is 0.714. The minimum atomic E-state index is -0.340. The van der Waals surface area contributed by atoms with E-state index in [0.717, 1.165) is 25.9 Å². The first-order chi connectivity index (χ1) is 8.91. The van der Waals surface area contributed by atoms with E-state index in [1.54, 1.807) is 7.05 Å². The fourth-order valence-electron chi connectivity index (χ4n) is 2.66. The highest BCUT2D eigenvalue weighted by Gasteiger charge is 2.30. The van der Waals surface area contributed by atoms with Crippen LogP contribution in [0.1, 0.15) is 33.6 Å². The molecule has 1 aliphatic heterocycles. The van der Waals surface area contributed by atoms with Crippen molar-refractivity contribution < 1.29 is 4.39 Å². The predicted octanol–water partition coefficient (Wildman–Crippen LogP) is 2.92. The van der Waals surface area contributed by atoms with Crippen molar-refractivity contribution in [3.8, 4) is 0 Å². The van der Waals surface area contributed by atoms with Crippen LogP contribution in [0.25, 0.3) is 0 Å². The van der Waals surface area contributed by atoms with Crippen LogP contribution in [0.2, 0.25) is 0 Å². The van der Waals surface area contributed by atoms with Crippen LogP contribution in [0.3, 0.4) is 0 Å². The first-order valence-electron chi connectivity index (χ1n) is 6.87. The molecule has 0 aromatic carbocycles. The van der Waals surface area contributed by atoms with Crippen LogP contribution < -0.4 is 10.2 Å². The Morgan fingerprint density at radius 2 is 1.95 bits per heavy atom. The van der Waals surface area contributed by atoms with Crippen molar-refractivity contribution in [2.75, 3.05) is 30.4 Å². The summed E-state index contributed by atoms with van der Waals surface area (Å²) in [5.74, 6) is 1.24. The molecule has 1 aromatic rings. The van der Waals surface area contributed by atoms with Crippen LogP contribution in [-0.2, 0) is 0 Å². The van der Waals surface area contributed by atoms with Gasteiger partial charge in [0.25, 0.3) is 0 Å². The van der Waals surface area contributed by atoms with Gasteiger partial charge in [-0.05, 0) is 24.2 Å².